The van der Waals surface area contributed by atoms with Crippen molar-refractivity contribution >= 4 is 97.2 Å². The lowest BCUT2D eigenvalue weighted by Gasteiger charge is -2.50. The van der Waals surface area contributed by atoms with Gasteiger partial charge in [0.2, 0.25) is 13.4 Å². The van der Waals surface area contributed by atoms with E-state index in [9.17, 15) is 0 Å². The molecular formula is C50H42B2N2. The van der Waals surface area contributed by atoms with Crippen molar-refractivity contribution in [3.05, 3.63) is 160 Å². The molecule has 3 aliphatic heterocycles. The van der Waals surface area contributed by atoms with Crippen molar-refractivity contribution in [2.24, 2.45) is 0 Å². The Balaban J connectivity index is 1.33. The fraction of sp³-hybridized carbons (Fsp3) is 0.160. The van der Waals surface area contributed by atoms with Crippen LogP contribution in [0.25, 0.3) is 16.8 Å². The zero-order chi connectivity index (χ0) is 36.6. The Bertz CT molecular complexity index is 2780. The second-order valence-corrected chi connectivity index (χ2v) is 16.3. The maximum atomic E-state index is 2.68. The monoisotopic (exact) mass is 692 g/mol. The van der Waals surface area contributed by atoms with Crippen LogP contribution in [0.3, 0.4) is 0 Å². The van der Waals surface area contributed by atoms with Crippen molar-refractivity contribution in [1.29, 1.82) is 0 Å². The zero-order valence-corrected chi connectivity index (χ0v) is 32.0. The van der Waals surface area contributed by atoms with Crippen LogP contribution in [0.5, 0.6) is 0 Å². The summed E-state index contributed by atoms with van der Waals surface area (Å²) in [6.07, 6.45) is 6.90. The molecule has 7 aromatic rings. The Labute approximate surface area is 320 Å². The van der Waals surface area contributed by atoms with E-state index in [1.54, 1.807) is 0 Å². The number of rotatable bonds is 2. The molecular weight excluding hydrogens is 650 g/mol. The third kappa shape index (κ3) is 4.20. The summed E-state index contributed by atoms with van der Waals surface area (Å²) in [6.45, 7) is 14.0. The minimum Gasteiger partial charge on any atom is -0.307 e. The molecule has 0 unspecified atom stereocenters. The molecule has 0 atom stereocenters. The minimum atomic E-state index is 0.0853. The molecule has 0 fully saturated rings. The summed E-state index contributed by atoms with van der Waals surface area (Å²) in [7, 11) is 0. The van der Waals surface area contributed by atoms with Gasteiger partial charge in [0.15, 0.2) is 0 Å². The lowest BCUT2D eigenvalue weighted by atomic mass is 9.32. The fourth-order valence-electron chi connectivity index (χ4n) is 11.2. The Morgan fingerprint density at radius 3 is 1.59 bits per heavy atom. The number of fused-ring (bicyclic) bond motifs is 10. The van der Waals surface area contributed by atoms with Gasteiger partial charge in [0, 0.05) is 11.4 Å². The number of anilines is 6. The van der Waals surface area contributed by atoms with Crippen LogP contribution in [0.1, 0.15) is 50.9 Å². The summed E-state index contributed by atoms with van der Waals surface area (Å²) < 4.78 is 0. The van der Waals surface area contributed by atoms with Crippen molar-refractivity contribution in [1.82, 2.24) is 0 Å². The van der Waals surface area contributed by atoms with E-state index in [0.717, 1.165) is 12.8 Å². The second-order valence-electron chi connectivity index (χ2n) is 16.3. The fourth-order valence-corrected chi connectivity index (χ4v) is 11.2. The highest BCUT2D eigenvalue weighted by molar-refractivity contribution is 7.01. The lowest BCUT2D eigenvalue weighted by molar-refractivity contribution is 0.989. The van der Waals surface area contributed by atoms with Crippen LogP contribution >= 0.6 is 0 Å². The molecule has 258 valence electrons. The van der Waals surface area contributed by atoms with Gasteiger partial charge in [-0.15, -0.1) is 0 Å². The van der Waals surface area contributed by atoms with Crippen molar-refractivity contribution in [2.45, 2.75) is 54.4 Å². The predicted octanol–water partition coefficient (Wildman–Crippen LogP) is 8.56. The van der Waals surface area contributed by atoms with E-state index in [1.807, 2.05) is 0 Å². The summed E-state index contributed by atoms with van der Waals surface area (Å²) in [5, 5.41) is 2.62. The first-order valence-electron chi connectivity index (χ1n) is 19.7. The van der Waals surface area contributed by atoms with Crippen LogP contribution in [-0.2, 0) is 6.42 Å². The van der Waals surface area contributed by atoms with Gasteiger partial charge in [-0.3, -0.25) is 0 Å². The number of benzene rings is 7. The van der Waals surface area contributed by atoms with Gasteiger partial charge >= 0.3 is 0 Å². The molecule has 4 aliphatic rings. The van der Waals surface area contributed by atoms with Gasteiger partial charge in [-0.2, -0.15) is 0 Å². The van der Waals surface area contributed by atoms with E-state index >= 15 is 0 Å². The smallest absolute Gasteiger partial charge is 0.248 e. The van der Waals surface area contributed by atoms with Crippen LogP contribution in [0.2, 0.25) is 0 Å². The highest BCUT2D eigenvalue weighted by Crippen LogP contribution is 2.56. The highest BCUT2D eigenvalue weighted by Gasteiger charge is 2.48. The molecule has 11 rings (SSSR count). The molecule has 4 heteroatoms. The van der Waals surface area contributed by atoms with E-state index in [0.29, 0.717) is 0 Å². The van der Waals surface area contributed by atoms with Gasteiger partial charge in [-0.05, 0) is 122 Å². The van der Waals surface area contributed by atoms with E-state index in [-0.39, 0.29) is 13.4 Å². The molecule has 3 heterocycles. The summed E-state index contributed by atoms with van der Waals surface area (Å²) in [6, 6.07) is 42.3. The maximum absolute atomic E-state index is 2.68. The average Bonchev–Trinajstić information content (AvgIpc) is 3.16. The Hall–Kier alpha value is -5.73. The molecule has 0 radical (unpaired) electrons. The van der Waals surface area contributed by atoms with E-state index in [4.69, 9.17) is 0 Å². The number of nitrogens with zero attached hydrogens (tertiary/aromatic N) is 2. The summed E-state index contributed by atoms with van der Waals surface area (Å²) in [4.78, 5) is 5.34. The van der Waals surface area contributed by atoms with Crippen molar-refractivity contribution in [3.8, 4) is 0 Å². The van der Waals surface area contributed by atoms with Crippen molar-refractivity contribution in [3.63, 3.8) is 0 Å². The summed E-state index contributed by atoms with van der Waals surface area (Å²) in [5.41, 5.74) is 27.3. The molecule has 54 heavy (non-hydrogen) atoms. The highest BCUT2D eigenvalue weighted by atomic mass is 15.3. The summed E-state index contributed by atoms with van der Waals surface area (Å²) in [5.74, 6) is 0. The van der Waals surface area contributed by atoms with Gasteiger partial charge < -0.3 is 9.80 Å². The Kier molecular flexibility index (Phi) is 6.70. The molecule has 0 aromatic heterocycles. The molecule has 0 N–H and O–H groups in total. The molecule has 7 aromatic carbocycles. The van der Waals surface area contributed by atoms with Gasteiger partial charge in [-0.25, -0.2) is 0 Å². The molecule has 0 saturated heterocycles. The van der Waals surface area contributed by atoms with Gasteiger partial charge in [0.25, 0.3) is 0 Å². The largest absolute Gasteiger partial charge is 0.307 e. The van der Waals surface area contributed by atoms with Gasteiger partial charge in [0.05, 0.1) is 22.7 Å². The molecule has 0 amide bonds. The first kappa shape index (κ1) is 31.8. The van der Waals surface area contributed by atoms with E-state index in [1.165, 1.54) is 122 Å². The Morgan fingerprint density at radius 2 is 0.981 bits per heavy atom. The zero-order valence-electron chi connectivity index (χ0n) is 32.0. The van der Waals surface area contributed by atoms with Crippen LogP contribution in [-0.4, -0.2) is 13.4 Å². The lowest BCUT2D eigenvalue weighted by Crippen LogP contribution is -2.62. The first-order valence-corrected chi connectivity index (χ1v) is 19.7. The van der Waals surface area contributed by atoms with Gasteiger partial charge in [0.1, 0.15) is 0 Å². The van der Waals surface area contributed by atoms with E-state index < -0.39 is 0 Å². The molecule has 0 spiro atoms. The third-order valence-corrected chi connectivity index (χ3v) is 12.9. The Morgan fingerprint density at radius 1 is 0.481 bits per heavy atom. The van der Waals surface area contributed by atoms with Crippen LogP contribution in [0.4, 0.5) is 34.1 Å². The number of allylic oxidation sites excluding steroid dienone is 1. The van der Waals surface area contributed by atoms with E-state index in [2.05, 4.69) is 173 Å². The second kappa shape index (κ2) is 11.4. The number of hydrogen-bond acceptors (Lipinski definition) is 2. The van der Waals surface area contributed by atoms with Crippen LogP contribution in [0, 0.1) is 41.5 Å². The van der Waals surface area contributed by atoms with Crippen molar-refractivity contribution < 1.29 is 0 Å². The van der Waals surface area contributed by atoms with Crippen molar-refractivity contribution in [2.75, 3.05) is 9.80 Å². The van der Waals surface area contributed by atoms with Gasteiger partial charge in [-0.1, -0.05) is 141 Å². The van der Waals surface area contributed by atoms with Crippen LogP contribution in [0.15, 0.2) is 115 Å². The molecule has 2 nitrogen and oxygen atoms in total. The molecule has 0 bridgehead atoms. The first-order chi connectivity index (χ1) is 26.3. The summed E-state index contributed by atoms with van der Waals surface area (Å²) >= 11 is 0. The number of para-hydroxylation sites is 2. The topological polar surface area (TPSA) is 6.48 Å². The number of aryl methyl sites for hydroxylation is 6. The normalized spacial score (nSPS) is 14.5. The SMILES string of the molecule is Cc1cc(C)c(B2c3ccccc3N3c4cc5ccccc5c5c4N(c4ccccc4B5c4c(C)cc(C)cc4C)c4cc5c(c2c43)CCC=C5)c(C)c1. The van der Waals surface area contributed by atoms with Crippen LogP contribution < -0.4 is 42.6 Å². The third-order valence-electron chi connectivity index (χ3n) is 12.9. The standard InChI is InChI=1S/C50H42B2N2/c1-29-23-31(3)45(32(4)24-29)51-39-19-11-13-21-41(39)53-44-28-36-16-8-10-18-38(36)48-50(44)54(43-27-35-15-7-9-17-37(35)47(51)49(43)53)42-22-14-12-20-40(42)52(48)46-33(5)25-30(2)26-34(46)6/h7-9,11-17,19-28H,10,18H2,1-6H3. The number of hydrogen-bond donors (Lipinski definition) is 0. The maximum Gasteiger partial charge on any atom is 0.248 e. The average molecular weight is 693 g/mol. The molecule has 1 aliphatic carbocycles. The molecule has 0 saturated carbocycles. The minimum absolute atomic E-state index is 0.0853. The predicted molar refractivity (Wildman–Crippen MR) is 235 cm³/mol. The quantitative estimate of drug-likeness (QED) is 0.168.